The van der Waals surface area contributed by atoms with Crippen molar-refractivity contribution in [3.8, 4) is 0 Å². The fourth-order valence-corrected chi connectivity index (χ4v) is 3.11. The van der Waals surface area contributed by atoms with E-state index in [0.29, 0.717) is 11.0 Å². The predicted octanol–water partition coefficient (Wildman–Crippen LogP) is 2.51. The molecule has 0 aliphatic carbocycles. The third kappa shape index (κ3) is 2.70. The van der Waals surface area contributed by atoms with Gasteiger partial charge in [-0.25, -0.2) is 0 Å². The highest BCUT2D eigenvalue weighted by Crippen LogP contribution is 2.33. The number of anilines is 1. The Balaban J connectivity index is 2.26. The highest BCUT2D eigenvalue weighted by molar-refractivity contribution is 8.00. The summed E-state index contributed by atoms with van der Waals surface area (Å²) in [5.41, 5.74) is 0. The van der Waals surface area contributed by atoms with Gasteiger partial charge in [-0.2, -0.15) is 16.7 Å². The van der Waals surface area contributed by atoms with Crippen LogP contribution in [0.2, 0.25) is 10.4 Å². The summed E-state index contributed by atoms with van der Waals surface area (Å²) >= 11 is 13.7. The average molecular weight is 279 g/mol. The van der Waals surface area contributed by atoms with Crippen molar-refractivity contribution in [1.29, 1.82) is 0 Å². The highest BCUT2D eigenvalue weighted by atomic mass is 35.5. The lowest BCUT2D eigenvalue weighted by molar-refractivity contribution is 0.639. The molecule has 7 heteroatoms. The van der Waals surface area contributed by atoms with E-state index >= 15 is 0 Å². The molecule has 1 saturated heterocycles. The molecule has 1 aromatic heterocycles. The first-order chi connectivity index (χ1) is 7.48. The molecule has 16 heavy (non-hydrogen) atoms. The quantitative estimate of drug-likeness (QED) is 0.790. The minimum atomic E-state index is 0.135. The molecule has 0 amide bonds. The predicted molar refractivity (Wildman–Crippen MR) is 68.6 cm³/mol. The molecule has 0 atom stereocenters. The molecular weight excluding hydrogens is 267 g/mol. The fraction of sp³-hybridized carbons (Fsp3) is 0.667. The Kier molecular flexibility index (Phi) is 3.47. The number of aromatic nitrogens is 3. The molecule has 0 unspecified atom stereocenters. The molecule has 0 N–H and O–H groups in total. The largest absolute Gasteiger partial charge is 0.352 e. The van der Waals surface area contributed by atoms with Gasteiger partial charge in [-0.3, -0.25) is 0 Å². The van der Waals surface area contributed by atoms with Gasteiger partial charge in [0.2, 0.25) is 5.28 Å². The van der Waals surface area contributed by atoms with Crippen LogP contribution in [0, 0.1) is 0 Å². The maximum Gasteiger partial charge on any atom is 0.245 e. The summed E-state index contributed by atoms with van der Waals surface area (Å²) in [5.74, 6) is 1.68. The molecule has 2 heterocycles. The van der Waals surface area contributed by atoms with E-state index in [9.17, 15) is 0 Å². The standard InChI is InChI=1S/C9H12Cl2N4S/c1-9(2)5-15(3-4-16-9)7-6(10)13-14-8(11)12-7/h3-5H2,1-2H3. The van der Waals surface area contributed by atoms with Gasteiger partial charge in [0.25, 0.3) is 0 Å². The van der Waals surface area contributed by atoms with Crippen LogP contribution in [0.4, 0.5) is 5.82 Å². The SMILES string of the molecule is CC1(C)CN(c2nc(Cl)nnc2Cl)CCS1. The topological polar surface area (TPSA) is 41.9 Å². The zero-order valence-electron chi connectivity index (χ0n) is 9.07. The first-order valence-corrected chi connectivity index (χ1v) is 6.67. The maximum atomic E-state index is 5.98. The summed E-state index contributed by atoms with van der Waals surface area (Å²) < 4.78 is 0.193. The Labute approximate surface area is 109 Å². The third-order valence-corrected chi connectivity index (χ3v) is 4.03. The Hall–Kier alpha value is -0.260. The second-order valence-electron chi connectivity index (χ2n) is 4.22. The molecule has 1 aromatic rings. The number of hydrogen-bond donors (Lipinski definition) is 0. The van der Waals surface area contributed by atoms with Crippen LogP contribution >= 0.6 is 35.0 Å². The Bertz CT molecular complexity index is 399. The first kappa shape index (κ1) is 12.2. The van der Waals surface area contributed by atoms with Gasteiger partial charge < -0.3 is 4.90 Å². The first-order valence-electron chi connectivity index (χ1n) is 4.92. The fourth-order valence-electron chi connectivity index (χ4n) is 1.68. The van der Waals surface area contributed by atoms with E-state index in [4.69, 9.17) is 23.2 Å². The molecule has 0 spiro atoms. The van der Waals surface area contributed by atoms with Crippen molar-refractivity contribution in [1.82, 2.24) is 15.2 Å². The minimum absolute atomic E-state index is 0.135. The smallest absolute Gasteiger partial charge is 0.245 e. The summed E-state index contributed by atoms with van der Waals surface area (Å²) in [6.45, 7) is 6.19. The van der Waals surface area contributed by atoms with E-state index in [0.717, 1.165) is 18.8 Å². The average Bonchev–Trinajstić information content (AvgIpc) is 2.20. The maximum absolute atomic E-state index is 5.98. The molecule has 4 nitrogen and oxygen atoms in total. The summed E-state index contributed by atoms with van der Waals surface area (Å²) in [5, 5.41) is 7.83. The van der Waals surface area contributed by atoms with Gasteiger partial charge >= 0.3 is 0 Å². The lowest BCUT2D eigenvalue weighted by Crippen LogP contribution is -2.43. The lowest BCUT2D eigenvalue weighted by Gasteiger charge is -2.38. The molecule has 1 aliphatic rings. The molecular formula is C9H12Cl2N4S. The zero-order valence-corrected chi connectivity index (χ0v) is 11.4. The van der Waals surface area contributed by atoms with Gasteiger partial charge in [-0.1, -0.05) is 11.6 Å². The third-order valence-electron chi connectivity index (χ3n) is 2.33. The number of halogens is 2. The number of rotatable bonds is 1. The summed E-state index contributed by atoms with van der Waals surface area (Å²) in [7, 11) is 0. The van der Waals surface area contributed by atoms with Gasteiger partial charge in [0, 0.05) is 23.6 Å². The minimum Gasteiger partial charge on any atom is -0.352 e. The molecule has 0 saturated carbocycles. The summed E-state index contributed by atoms with van der Waals surface area (Å²) in [6, 6.07) is 0. The van der Waals surface area contributed by atoms with Crippen molar-refractivity contribution in [2.75, 3.05) is 23.7 Å². The van der Waals surface area contributed by atoms with Crippen molar-refractivity contribution in [3.05, 3.63) is 10.4 Å². The van der Waals surface area contributed by atoms with Gasteiger partial charge in [0.15, 0.2) is 11.0 Å². The monoisotopic (exact) mass is 278 g/mol. The van der Waals surface area contributed by atoms with Crippen LogP contribution in [0.5, 0.6) is 0 Å². The number of hydrogen-bond acceptors (Lipinski definition) is 5. The van der Waals surface area contributed by atoms with Gasteiger partial charge in [0.1, 0.15) is 0 Å². The Morgan fingerprint density at radius 1 is 1.31 bits per heavy atom. The Morgan fingerprint density at radius 2 is 2.06 bits per heavy atom. The molecule has 0 aromatic carbocycles. The summed E-state index contributed by atoms with van der Waals surface area (Å²) in [6.07, 6.45) is 0. The highest BCUT2D eigenvalue weighted by Gasteiger charge is 2.29. The zero-order chi connectivity index (χ0) is 11.8. The van der Waals surface area contributed by atoms with Crippen molar-refractivity contribution in [3.63, 3.8) is 0 Å². The lowest BCUT2D eigenvalue weighted by atomic mass is 10.2. The van der Waals surface area contributed by atoms with Crippen LogP contribution < -0.4 is 4.90 Å². The molecule has 88 valence electrons. The molecule has 1 aliphatic heterocycles. The van der Waals surface area contributed by atoms with Crippen molar-refractivity contribution < 1.29 is 0 Å². The van der Waals surface area contributed by atoms with Crippen LogP contribution in [0.15, 0.2) is 0 Å². The van der Waals surface area contributed by atoms with E-state index in [1.54, 1.807) is 0 Å². The number of thioether (sulfide) groups is 1. The van der Waals surface area contributed by atoms with Crippen LogP contribution in [-0.4, -0.2) is 38.8 Å². The van der Waals surface area contributed by atoms with E-state index in [2.05, 4.69) is 33.9 Å². The van der Waals surface area contributed by atoms with Crippen LogP contribution in [0.1, 0.15) is 13.8 Å². The van der Waals surface area contributed by atoms with Crippen LogP contribution in [-0.2, 0) is 0 Å². The Morgan fingerprint density at radius 3 is 2.75 bits per heavy atom. The molecule has 0 bridgehead atoms. The number of nitrogens with zero attached hydrogens (tertiary/aromatic N) is 4. The molecule has 2 rings (SSSR count). The van der Waals surface area contributed by atoms with Crippen molar-refractivity contribution in [2.24, 2.45) is 0 Å². The van der Waals surface area contributed by atoms with Crippen LogP contribution in [0.25, 0.3) is 0 Å². The van der Waals surface area contributed by atoms with Crippen LogP contribution in [0.3, 0.4) is 0 Å². The molecule has 1 fully saturated rings. The van der Waals surface area contributed by atoms with E-state index < -0.39 is 0 Å². The normalized spacial score (nSPS) is 19.9. The van der Waals surface area contributed by atoms with E-state index in [1.165, 1.54) is 0 Å². The van der Waals surface area contributed by atoms with Crippen molar-refractivity contribution >= 4 is 40.8 Å². The second kappa shape index (κ2) is 4.55. The van der Waals surface area contributed by atoms with E-state index in [-0.39, 0.29) is 10.0 Å². The van der Waals surface area contributed by atoms with Gasteiger partial charge in [-0.05, 0) is 25.4 Å². The van der Waals surface area contributed by atoms with Gasteiger partial charge in [-0.15, -0.1) is 10.2 Å². The summed E-state index contributed by atoms with van der Waals surface area (Å²) in [4.78, 5) is 6.25. The van der Waals surface area contributed by atoms with E-state index in [1.807, 2.05) is 11.8 Å². The van der Waals surface area contributed by atoms with Gasteiger partial charge in [0.05, 0.1) is 0 Å². The van der Waals surface area contributed by atoms with Crippen molar-refractivity contribution in [2.45, 2.75) is 18.6 Å². The molecule has 0 radical (unpaired) electrons. The second-order valence-corrected chi connectivity index (χ2v) is 6.72.